The predicted octanol–water partition coefficient (Wildman–Crippen LogP) is 3.40. The van der Waals surface area contributed by atoms with E-state index in [1.54, 1.807) is 4.90 Å². The molecule has 4 nitrogen and oxygen atoms in total. The number of likely N-dealkylation sites (tertiary alicyclic amines) is 1. The van der Waals surface area contributed by atoms with Crippen LogP contribution >= 0.6 is 11.6 Å². The van der Waals surface area contributed by atoms with Crippen LogP contribution in [0, 0.1) is 17.7 Å². The van der Waals surface area contributed by atoms with Crippen molar-refractivity contribution in [1.82, 2.24) is 4.90 Å². The molecule has 1 amide bonds. The van der Waals surface area contributed by atoms with Gasteiger partial charge in [0.15, 0.2) is 17.3 Å². The molecular formula is C15H19ClFNO3. The highest BCUT2D eigenvalue weighted by Gasteiger charge is 2.28. The lowest BCUT2D eigenvalue weighted by molar-refractivity contribution is 0.0667. The molecule has 1 aromatic carbocycles. The SMILES string of the molecule is CC(C)C1CCN(C(=O)c2cc(F)c(O)c(O)c2Cl)CC1. The van der Waals surface area contributed by atoms with Gasteiger partial charge in [0.1, 0.15) is 0 Å². The number of carbonyl (C=O) groups is 1. The fraction of sp³-hybridized carbons (Fsp3) is 0.533. The summed E-state index contributed by atoms with van der Waals surface area (Å²) in [6, 6.07) is 0.869. The first-order valence-electron chi connectivity index (χ1n) is 7.02. The molecule has 1 fully saturated rings. The molecule has 0 unspecified atom stereocenters. The lowest BCUT2D eigenvalue weighted by Gasteiger charge is -2.34. The highest BCUT2D eigenvalue weighted by Crippen LogP contribution is 2.38. The van der Waals surface area contributed by atoms with Gasteiger partial charge in [-0.05, 0) is 30.7 Å². The molecule has 116 valence electrons. The van der Waals surface area contributed by atoms with E-state index in [0.717, 1.165) is 18.9 Å². The monoisotopic (exact) mass is 315 g/mol. The average Bonchev–Trinajstić information content (AvgIpc) is 2.48. The minimum Gasteiger partial charge on any atom is -0.503 e. The Morgan fingerprint density at radius 3 is 2.43 bits per heavy atom. The average molecular weight is 316 g/mol. The van der Waals surface area contributed by atoms with Crippen LogP contribution in [-0.2, 0) is 0 Å². The van der Waals surface area contributed by atoms with E-state index in [1.165, 1.54) is 0 Å². The first-order valence-corrected chi connectivity index (χ1v) is 7.40. The number of amides is 1. The molecule has 1 aliphatic heterocycles. The molecule has 21 heavy (non-hydrogen) atoms. The standard InChI is InChI=1S/C15H19ClFNO3/c1-8(2)9-3-5-18(6-4-9)15(21)10-7-11(17)13(19)14(20)12(10)16/h7-9,19-20H,3-6H2,1-2H3. The maximum Gasteiger partial charge on any atom is 0.255 e. The summed E-state index contributed by atoms with van der Waals surface area (Å²) >= 11 is 5.84. The first-order chi connectivity index (χ1) is 9.82. The van der Waals surface area contributed by atoms with Crippen LogP contribution in [0.4, 0.5) is 4.39 Å². The van der Waals surface area contributed by atoms with Crippen LogP contribution in [0.3, 0.4) is 0 Å². The topological polar surface area (TPSA) is 60.8 Å². The van der Waals surface area contributed by atoms with Crippen molar-refractivity contribution in [1.29, 1.82) is 0 Å². The van der Waals surface area contributed by atoms with Crippen molar-refractivity contribution in [2.75, 3.05) is 13.1 Å². The van der Waals surface area contributed by atoms with E-state index < -0.39 is 23.2 Å². The molecule has 1 heterocycles. The predicted molar refractivity (Wildman–Crippen MR) is 78.2 cm³/mol. The molecule has 0 atom stereocenters. The molecule has 0 aliphatic carbocycles. The molecule has 2 rings (SSSR count). The molecule has 2 N–H and O–H groups in total. The van der Waals surface area contributed by atoms with Gasteiger partial charge in [0, 0.05) is 13.1 Å². The van der Waals surface area contributed by atoms with Crippen LogP contribution in [0.25, 0.3) is 0 Å². The van der Waals surface area contributed by atoms with Crippen molar-refractivity contribution in [3.63, 3.8) is 0 Å². The van der Waals surface area contributed by atoms with Gasteiger partial charge >= 0.3 is 0 Å². The van der Waals surface area contributed by atoms with Crippen LogP contribution < -0.4 is 0 Å². The number of nitrogens with zero attached hydrogens (tertiary/aromatic N) is 1. The van der Waals surface area contributed by atoms with E-state index in [2.05, 4.69) is 13.8 Å². The van der Waals surface area contributed by atoms with Crippen molar-refractivity contribution in [3.8, 4) is 11.5 Å². The normalized spacial score (nSPS) is 16.5. The Bertz CT molecular complexity index is 554. The van der Waals surface area contributed by atoms with Gasteiger partial charge in [-0.15, -0.1) is 0 Å². The van der Waals surface area contributed by atoms with E-state index >= 15 is 0 Å². The summed E-state index contributed by atoms with van der Waals surface area (Å²) < 4.78 is 13.5. The molecule has 0 radical (unpaired) electrons. The second-order valence-corrected chi connectivity index (χ2v) is 6.17. The zero-order valence-electron chi connectivity index (χ0n) is 12.1. The number of rotatable bonds is 2. The van der Waals surface area contributed by atoms with Gasteiger partial charge in [0.25, 0.3) is 5.91 Å². The maximum atomic E-state index is 13.5. The third-order valence-corrected chi connectivity index (χ3v) is 4.55. The van der Waals surface area contributed by atoms with E-state index in [0.29, 0.717) is 24.9 Å². The summed E-state index contributed by atoms with van der Waals surface area (Å²) in [5.41, 5.74) is -0.118. The highest BCUT2D eigenvalue weighted by atomic mass is 35.5. The van der Waals surface area contributed by atoms with Gasteiger partial charge in [-0.25, -0.2) is 4.39 Å². The van der Waals surface area contributed by atoms with Crippen LogP contribution in [-0.4, -0.2) is 34.1 Å². The molecule has 1 saturated heterocycles. The molecule has 1 aromatic rings. The van der Waals surface area contributed by atoms with Crippen molar-refractivity contribution >= 4 is 17.5 Å². The van der Waals surface area contributed by atoms with E-state index in [-0.39, 0.29) is 10.6 Å². The van der Waals surface area contributed by atoms with Crippen molar-refractivity contribution < 1.29 is 19.4 Å². The van der Waals surface area contributed by atoms with Crippen molar-refractivity contribution in [2.45, 2.75) is 26.7 Å². The first kappa shape index (κ1) is 15.9. The summed E-state index contributed by atoms with van der Waals surface area (Å²) in [6.45, 7) is 5.49. The maximum absolute atomic E-state index is 13.5. The number of phenolic OH excluding ortho intramolecular Hbond substituents is 2. The number of benzene rings is 1. The molecule has 0 aromatic heterocycles. The van der Waals surface area contributed by atoms with Gasteiger partial charge in [0.05, 0.1) is 10.6 Å². The Kier molecular flexibility index (Phi) is 4.61. The van der Waals surface area contributed by atoms with E-state index in [4.69, 9.17) is 11.6 Å². The van der Waals surface area contributed by atoms with Crippen molar-refractivity contribution in [2.24, 2.45) is 11.8 Å². The van der Waals surface area contributed by atoms with Crippen LogP contribution in [0.2, 0.25) is 5.02 Å². The zero-order chi connectivity index (χ0) is 15.7. The number of hydrogen-bond acceptors (Lipinski definition) is 3. The van der Waals surface area contributed by atoms with Gasteiger partial charge < -0.3 is 15.1 Å². The van der Waals surface area contributed by atoms with E-state index in [9.17, 15) is 19.4 Å². The second-order valence-electron chi connectivity index (χ2n) is 5.79. The summed E-state index contributed by atoms with van der Waals surface area (Å²) in [7, 11) is 0. The Morgan fingerprint density at radius 1 is 1.33 bits per heavy atom. The number of aromatic hydroxyl groups is 2. The Hall–Kier alpha value is -1.49. The minimum atomic E-state index is -1.06. The minimum absolute atomic E-state index is 0.118. The van der Waals surface area contributed by atoms with Gasteiger partial charge in [0.2, 0.25) is 0 Å². The van der Waals surface area contributed by atoms with Gasteiger partial charge in [-0.1, -0.05) is 25.4 Å². The number of carbonyl (C=O) groups excluding carboxylic acids is 1. The molecule has 0 spiro atoms. The smallest absolute Gasteiger partial charge is 0.255 e. The highest BCUT2D eigenvalue weighted by molar-refractivity contribution is 6.35. The number of hydrogen-bond donors (Lipinski definition) is 2. The summed E-state index contributed by atoms with van der Waals surface area (Å²) in [4.78, 5) is 14.0. The Balaban J connectivity index is 2.19. The fourth-order valence-corrected chi connectivity index (χ4v) is 2.92. The lowest BCUT2D eigenvalue weighted by Crippen LogP contribution is -2.39. The van der Waals surface area contributed by atoms with E-state index in [1.807, 2.05) is 0 Å². The number of halogens is 2. The fourth-order valence-electron chi connectivity index (χ4n) is 2.70. The number of piperidine rings is 1. The molecule has 0 bridgehead atoms. The van der Waals surface area contributed by atoms with Crippen molar-refractivity contribution in [3.05, 3.63) is 22.5 Å². The zero-order valence-corrected chi connectivity index (χ0v) is 12.8. The molecular weight excluding hydrogens is 297 g/mol. The third-order valence-electron chi connectivity index (χ3n) is 4.17. The van der Waals surface area contributed by atoms with Gasteiger partial charge in [-0.3, -0.25) is 4.79 Å². The van der Waals surface area contributed by atoms with Gasteiger partial charge in [-0.2, -0.15) is 0 Å². The third kappa shape index (κ3) is 3.07. The Labute approximate surface area is 128 Å². The van der Waals surface area contributed by atoms with Crippen LogP contribution in [0.15, 0.2) is 6.07 Å². The molecule has 6 heteroatoms. The summed E-state index contributed by atoms with van der Waals surface area (Å²) in [5, 5.41) is 18.5. The summed E-state index contributed by atoms with van der Waals surface area (Å²) in [6.07, 6.45) is 1.79. The summed E-state index contributed by atoms with van der Waals surface area (Å²) in [5.74, 6) is -2.06. The molecule has 0 saturated carbocycles. The largest absolute Gasteiger partial charge is 0.503 e. The van der Waals surface area contributed by atoms with Crippen LogP contribution in [0.5, 0.6) is 11.5 Å². The second kappa shape index (κ2) is 6.10. The van der Waals surface area contributed by atoms with Crippen LogP contribution in [0.1, 0.15) is 37.0 Å². The quantitative estimate of drug-likeness (QED) is 0.822. The lowest BCUT2D eigenvalue weighted by atomic mass is 9.86. The molecule has 1 aliphatic rings. The Morgan fingerprint density at radius 2 is 1.90 bits per heavy atom. The number of phenols is 2.